The van der Waals surface area contributed by atoms with Crippen LogP contribution in [0.15, 0.2) is 90.6 Å². The molecule has 0 saturated heterocycles. The Balaban J connectivity index is 1.65. The van der Waals surface area contributed by atoms with Crippen LogP contribution in [0.4, 0.5) is 5.69 Å². The van der Waals surface area contributed by atoms with Crippen LogP contribution in [0.1, 0.15) is 22.0 Å². The van der Waals surface area contributed by atoms with E-state index in [1.165, 1.54) is 9.40 Å². The summed E-state index contributed by atoms with van der Waals surface area (Å²) in [5.74, 6) is 0. The first kappa shape index (κ1) is 19.2. The minimum atomic E-state index is -0.506. The summed E-state index contributed by atoms with van der Waals surface area (Å²) < 4.78 is 2.33. The van der Waals surface area contributed by atoms with Crippen LogP contribution in [0.3, 0.4) is 0 Å². The van der Waals surface area contributed by atoms with Gasteiger partial charge in [-0.1, -0.05) is 54.6 Å². The fraction of sp³-hybridized carbons (Fsp3) is 0.0769. The van der Waals surface area contributed by atoms with E-state index in [0.717, 1.165) is 37.9 Å². The zero-order valence-corrected chi connectivity index (χ0v) is 18.8. The van der Waals surface area contributed by atoms with E-state index < -0.39 is 5.41 Å². The van der Waals surface area contributed by atoms with Gasteiger partial charge in [0.15, 0.2) is 0 Å². The Labute approximate surface area is 193 Å². The number of anilines is 1. The molecule has 0 spiro atoms. The number of nitrogens with two attached hydrogens (primary N) is 2. The highest BCUT2D eigenvalue weighted by Gasteiger charge is 2.41. The number of nitrogens with zero attached hydrogens (tertiary/aromatic N) is 2. The average Bonchev–Trinajstić information content (AvgIpc) is 3.45. The molecule has 5 aromatic rings. The fourth-order valence-corrected chi connectivity index (χ4v) is 6.60. The second kappa shape index (κ2) is 7.29. The monoisotopic (exact) mass is 452 g/mol. The Kier molecular flexibility index (Phi) is 4.38. The average molecular weight is 453 g/mol. The first-order chi connectivity index (χ1) is 15.6. The molecule has 0 bridgehead atoms. The molecule has 2 heterocycles. The van der Waals surface area contributed by atoms with Gasteiger partial charge >= 0.3 is 0 Å². The summed E-state index contributed by atoms with van der Waals surface area (Å²) in [5, 5.41) is 2.04. The molecule has 0 radical (unpaired) electrons. The van der Waals surface area contributed by atoms with Crippen molar-refractivity contribution < 1.29 is 0 Å². The normalized spacial score (nSPS) is 15.6. The van der Waals surface area contributed by atoms with Gasteiger partial charge in [-0.25, -0.2) is 9.97 Å². The molecule has 1 aliphatic carbocycles. The van der Waals surface area contributed by atoms with E-state index in [4.69, 9.17) is 21.4 Å². The highest BCUT2D eigenvalue weighted by atomic mass is 32.1. The Hall–Kier alpha value is -3.48. The maximum absolute atomic E-state index is 6.51. The summed E-state index contributed by atoms with van der Waals surface area (Å²) in [7, 11) is 0. The van der Waals surface area contributed by atoms with Gasteiger partial charge < -0.3 is 11.5 Å². The van der Waals surface area contributed by atoms with Crippen molar-refractivity contribution in [1.82, 2.24) is 9.97 Å². The number of hydrogen-bond acceptors (Lipinski definition) is 6. The van der Waals surface area contributed by atoms with Crippen LogP contribution in [0.25, 0.3) is 26.0 Å². The topological polar surface area (TPSA) is 77.8 Å². The molecule has 6 heteroatoms. The van der Waals surface area contributed by atoms with Gasteiger partial charge in [0.05, 0.1) is 25.8 Å². The van der Waals surface area contributed by atoms with E-state index >= 15 is 0 Å². The number of hydrogen-bond donors (Lipinski definition) is 2. The standard InChI is InChI=1S/C26H20N4S2/c27-18-8-2-1-7-16(18)17-15-26(14-13-19(17)28,24-29-20-9-3-5-11-22(20)31-24)25-30-21-10-4-6-12-23(21)32-25/h1-13,15H,14,27-28H2. The molecule has 32 heavy (non-hydrogen) atoms. The maximum Gasteiger partial charge on any atom is 0.111 e. The molecule has 0 fully saturated rings. The minimum Gasteiger partial charge on any atom is -0.398 e. The van der Waals surface area contributed by atoms with Crippen LogP contribution in [0, 0.1) is 0 Å². The number of allylic oxidation sites excluding steroid dienone is 3. The SMILES string of the molecule is NC1=CCC(c2nc3ccccc3s2)(c2nc3ccccc3s2)C=C1c1ccccc1N. The molecule has 2 aromatic heterocycles. The molecule has 0 aliphatic heterocycles. The molecule has 3 aromatic carbocycles. The molecule has 6 rings (SSSR count). The number of rotatable bonds is 3. The predicted molar refractivity (Wildman–Crippen MR) is 136 cm³/mol. The van der Waals surface area contributed by atoms with Gasteiger partial charge in [-0.2, -0.15) is 0 Å². The summed E-state index contributed by atoms with van der Waals surface area (Å²) in [6.45, 7) is 0. The second-order valence-electron chi connectivity index (χ2n) is 7.95. The van der Waals surface area contributed by atoms with Gasteiger partial charge in [-0.15, -0.1) is 22.7 Å². The third-order valence-electron chi connectivity index (χ3n) is 5.95. The van der Waals surface area contributed by atoms with Gasteiger partial charge in [0, 0.05) is 22.5 Å². The predicted octanol–water partition coefficient (Wildman–Crippen LogP) is 6.10. The maximum atomic E-state index is 6.51. The Bertz CT molecular complexity index is 1400. The Morgan fingerprint density at radius 3 is 1.88 bits per heavy atom. The van der Waals surface area contributed by atoms with Crippen molar-refractivity contribution >= 4 is 54.4 Å². The lowest BCUT2D eigenvalue weighted by molar-refractivity contribution is 0.638. The molecule has 0 amide bonds. The van der Waals surface area contributed by atoms with Crippen molar-refractivity contribution in [3.8, 4) is 0 Å². The van der Waals surface area contributed by atoms with E-state index in [-0.39, 0.29) is 0 Å². The lowest BCUT2D eigenvalue weighted by Crippen LogP contribution is -2.28. The van der Waals surface area contributed by atoms with E-state index in [1.807, 2.05) is 36.4 Å². The third-order valence-corrected chi connectivity index (χ3v) is 8.38. The number of nitrogen functional groups attached to an aromatic ring is 1. The summed E-state index contributed by atoms with van der Waals surface area (Å²) in [6.07, 6.45) is 5.04. The lowest BCUT2D eigenvalue weighted by Gasteiger charge is -2.31. The zero-order valence-electron chi connectivity index (χ0n) is 17.2. The number of thiazole rings is 2. The van der Waals surface area contributed by atoms with Crippen molar-refractivity contribution in [1.29, 1.82) is 0 Å². The minimum absolute atomic E-state index is 0.506. The van der Waals surface area contributed by atoms with E-state index in [1.54, 1.807) is 22.7 Å². The number of benzene rings is 3. The van der Waals surface area contributed by atoms with Gasteiger partial charge in [0.1, 0.15) is 10.0 Å². The highest BCUT2D eigenvalue weighted by molar-refractivity contribution is 7.20. The molecular formula is C26H20N4S2. The first-order valence-corrected chi connectivity index (χ1v) is 12.0. The van der Waals surface area contributed by atoms with E-state index in [9.17, 15) is 0 Å². The van der Waals surface area contributed by atoms with E-state index in [2.05, 4.69) is 48.6 Å². The number of aromatic nitrogens is 2. The molecule has 4 N–H and O–H groups in total. The van der Waals surface area contributed by atoms with Crippen molar-refractivity contribution in [2.24, 2.45) is 5.73 Å². The summed E-state index contributed by atoms with van der Waals surface area (Å²) >= 11 is 3.44. The van der Waals surface area contributed by atoms with Gasteiger partial charge in [-0.05, 0) is 36.8 Å². The van der Waals surface area contributed by atoms with Crippen molar-refractivity contribution in [2.45, 2.75) is 11.8 Å². The zero-order chi connectivity index (χ0) is 21.7. The summed E-state index contributed by atoms with van der Waals surface area (Å²) in [6, 6.07) is 24.4. The van der Waals surface area contributed by atoms with Crippen LogP contribution in [0.5, 0.6) is 0 Å². The van der Waals surface area contributed by atoms with Gasteiger partial charge in [0.2, 0.25) is 0 Å². The number of para-hydroxylation sites is 3. The van der Waals surface area contributed by atoms with Crippen LogP contribution >= 0.6 is 22.7 Å². The van der Waals surface area contributed by atoms with Crippen LogP contribution < -0.4 is 11.5 Å². The van der Waals surface area contributed by atoms with Gasteiger partial charge in [-0.3, -0.25) is 0 Å². The molecule has 0 atom stereocenters. The third kappa shape index (κ3) is 2.95. The summed E-state index contributed by atoms with van der Waals surface area (Å²) in [4.78, 5) is 10.1. The Morgan fingerprint density at radius 2 is 1.28 bits per heavy atom. The first-order valence-electron chi connectivity index (χ1n) is 10.4. The quantitative estimate of drug-likeness (QED) is 0.324. The molecule has 0 saturated carbocycles. The van der Waals surface area contributed by atoms with Crippen LogP contribution in [0.2, 0.25) is 0 Å². The van der Waals surface area contributed by atoms with Gasteiger partial charge in [0.25, 0.3) is 0 Å². The van der Waals surface area contributed by atoms with Crippen molar-refractivity contribution in [3.63, 3.8) is 0 Å². The molecule has 0 unspecified atom stereocenters. The molecule has 1 aliphatic rings. The van der Waals surface area contributed by atoms with Crippen LogP contribution in [-0.2, 0) is 5.41 Å². The molecular weight excluding hydrogens is 432 g/mol. The Morgan fingerprint density at radius 1 is 0.719 bits per heavy atom. The second-order valence-corrected chi connectivity index (χ2v) is 10.0. The lowest BCUT2D eigenvalue weighted by atomic mass is 9.77. The van der Waals surface area contributed by atoms with E-state index in [0.29, 0.717) is 12.1 Å². The highest BCUT2D eigenvalue weighted by Crippen LogP contribution is 2.48. The van der Waals surface area contributed by atoms with Crippen molar-refractivity contribution in [3.05, 3.63) is 106 Å². The smallest absolute Gasteiger partial charge is 0.111 e. The summed E-state index contributed by atoms with van der Waals surface area (Å²) in [5.41, 5.74) is 17.7. The van der Waals surface area contributed by atoms with Crippen molar-refractivity contribution in [2.75, 3.05) is 5.73 Å². The van der Waals surface area contributed by atoms with Crippen LogP contribution in [-0.4, -0.2) is 9.97 Å². The largest absolute Gasteiger partial charge is 0.398 e. The molecule has 4 nitrogen and oxygen atoms in total. The fourth-order valence-electron chi connectivity index (χ4n) is 4.26. The number of fused-ring (bicyclic) bond motifs is 2. The molecule has 156 valence electrons.